The molecule has 0 radical (unpaired) electrons. The Balaban J connectivity index is 0.00000264. The number of nitrogens with zero attached hydrogens (tertiary/aromatic N) is 4. The molecule has 12 nitrogen and oxygen atoms in total. The fourth-order valence-corrected chi connectivity index (χ4v) is 4.69. The summed E-state index contributed by atoms with van der Waals surface area (Å²) in [6.07, 6.45) is 0. The average molecular weight is 629 g/mol. The van der Waals surface area contributed by atoms with Crippen LogP contribution in [0.4, 0.5) is 22.7 Å². The van der Waals surface area contributed by atoms with Crippen LogP contribution in [0.2, 0.25) is 0 Å². The zero-order valence-electron chi connectivity index (χ0n) is 23.2. The van der Waals surface area contributed by atoms with Gasteiger partial charge in [-0.1, -0.05) is 54.3 Å². The summed E-state index contributed by atoms with van der Waals surface area (Å²) in [6.45, 7) is 0. The predicted octanol–water partition coefficient (Wildman–Crippen LogP) is 0.143. The van der Waals surface area contributed by atoms with Crippen LogP contribution in [0.25, 0.3) is 21.9 Å². The van der Waals surface area contributed by atoms with Gasteiger partial charge in [0, 0.05) is 5.39 Å². The first-order valence-corrected chi connectivity index (χ1v) is 13.5. The normalized spacial score (nSPS) is 11.4. The van der Waals surface area contributed by atoms with Gasteiger partial charge in [-0.2, -0.15) is 23.8 Å². The molecule has 210 valence electrons. The molecule has 0 heterocycles. The summed E-state index contributed by atoms with van der Waals surface area (Å²) in [4.78, 5) is 10.4. The Hall–Kier alpha value is -3.66. The maximum Gasteiger partial charge on any atom is 1.00 e. The minimum Gasteiger partial charge on any atom is -0.872 e. The number of hydrogen-bond acceptors (Lipinski definition) is 10. The van der Waals surface area contributed by atoms with Gasteiger partial charge in [0.05, 0.1) is 22.6 Å². The number of aromatic carboxylic acids is 1. The maximum atomic E-state index is 12.0. The van der Waals surface area contributed by atoms with Crippen molar-refractivity contribution < 1.29 is 97.3 Å². The van der Waals surface area contributed by atoms with Crippen LogP contribution >= 0.6 is 0 Å². The van der Waals surface area contributed by atoms with E-state index >= 15 is 0 Å². The number of fused-ring (bicyclic) bond motifs is 1. The molecule has 0 spiro atoms. The second-order valence-electron chi connectivity index (χ2n) is 8.91. The van der Waals surface area contributed by atoms with Gasteiger partial charge >= 0.3 is 65.1 Å². The van der Waals surface area contributed by atoms with Gasteiger partial charge in [0.15, 0.2) is 5.75 Å². The van der Waals surface area contributed by atoms with E-state index in [4.69, 9.17) is 5.11 Å². The largest absolute Gasteiger partial charge is 1.00 e. The molecule has 0 atom stereocenters. The van der Waals surface area contributed by atoms with E-state index in [1.165, 1.54) is 18.2 Å². The summed E-state index contributed by atoms with van der Waals surface area (Å²) in [6, 6.07) is 22.0. The number of phenolic OH excluding ortho intramolecular Hbond substituents is 1. The summed E-state index contributed by atoms with van der Waals surface area (Å²) in [5, 5.41) is 59.2. The van der Waals surface area contributed by atoms with Crippen molar-refractivity contribution in [3.05, 3.63) is 96.6 Å². The van der Waals surface area contributed by atoms with Gasteiger partial charge < -0.3 is 20.4 Å². The third kappa shape index (κ3) is 7.88. The van der Waals surface area contributed by atoms with Gasteiger partial charge in [0.2, 0.25) is 0 Å². The van der Waals surface area contributed by atoms with E-state index in [1.54, 1.807) is 48.5 Å². The van der Waals surface area contributed by atoms with Gasteiger partial charge in [-0.25, -0.2) is 4.79 Å². The Labute approximate surface area is 294 Å². The van der Waals surface area contributed by atoms with E-state index in [0.717, 1.165) is 35.4 Å². The van der Waals surface area contributed by atoms with E-state index in [-0.39, 0.29) is 75.6 Å². The van der Waals surface area contributed by atoms with Crippen LogP contribution < -0.4 is 69.3 Å². The summed E-state index contributed by atoms with van der Waals surface area (Å²) in [7, 11) is -4.80. The van der Waals surface area contributed by atoms with Gasteiger partial charge in [0.1, 0.15) is 10.6 Å². The second-order valence-corrected chi connectivity index (χ2v) is 10.3. The minimum atomic E-state index is -4.80. The molecular weight excluding hydrogens is 610 g/mol. The Bertz CT molecular complexity index is 2020. The monoisotopic (exact) mass is 628 g/mol. The number of carbonyl (C=O) groups is 1. The predicted molar refractivity (Wildman–Crippen MR) is 148 cm³/mol. The molecule has 0 aliphatic heterocycles. The molecule has 0 aliphatic carbocycles. The van der Waals surface area contributed by atoms with Crippen molar-refractivity contribution in [3.63, 3.8) is 0 Å². The van der Waals surface area contributed by atoms with Crippen molar-refractivity contribution in [3.8, 4) is 28.4 Å². The van der Waals surface area contributed by atoms with Gasteiger partial charge in [0.25, 0.3) is 10.1 Å². The molecule has 5 aromatic rings. The quantitative estimate of drug-likeness (QED) is 0.128. The fraction of sp³-hybridized carbons (Fsp3) is 0. The van der Waals surface area contributed by atoms with Crippen LogP contribution in [-0.4, -0.2) is 29.2 Å². The van der Waals surface area contributed by atoms with E-state index in [9.17, 15) is 33.1 Å². The molecule has 3 N–H and O–H groups in total. The third-order valence-corrected chi connectivity index (χ3v) is 6.98. The number of benzene rings is 5. The van der Waals surface area contributed by atoms with E-state index in [2.05, 4.69) is 20.5 Å². The molecule has 0 aromatic heterocycles. The molecular formula is C29H18N4Na2O8S. The Kier molecular flexibility index (Phi) is 11.4. The molecule has 0 saturated carbocycles. The van der Waals surface area contributed by atoms with Gasteiger partial charge in [-0.15, -0.1) is 10.9 Å². The number of aromatic hydroxyl groups is 1. The molecule has 0 amide bonds. The Morgan fingerprint density at radius 1 is 0.682 bits per heavy atom. The molecule has 5 rings (SSSR count). The van der Waals surface area contributed by atoms with Crippen molar-refractivity contribution in [2.75, 3.05) is 0 Å². The summed E-state index contributed by atoms with van der Waals surface area (Å²) in [5.41, 5.74) is 1.79. The van der Waals surface area contributed by atoms with Crippen molar-refractivity contribution in [2.45, 2.75) is 4.90 Å². The standard InChI is InChI=1S/C29H20N4O8S.2Na/c34-22-10-11-23-18(13-22)14-26(42(39,40)41)27(28(23)36)33-31-20-7-3-17(4-8-20)16-1-5-19(6-2-16)30-32-21-9-12-25(35)24(15-21)29(37)38;;/h1-15,34-36H,(H,37,38)(H,39,40,41);;/q;2*+1/p-2. The zero-order valence-corrected chi connectivity index (χ0v) is 28.1. The van der Waals surface area contributed by atoms with Crippen LogP contribution in [0.3, 0.4) is 0 Å². The van der Waals surface area contributed by atoms with Gasteiger partial charge in [-0.3, -0.25) is 4.55 Å². The molecule has 0 bridgehead atoms. The van der Waals surface area contributed by atoms with Crippen LogP contribution in [0, 0.1) is 0 Å². The zero-order chi connectivity index (χ0) is 30.0. The van der Waals surface area contributed by atoms with Crippen molar-refractivity contribution in [2.24, 2.45) is 20.5 Å². The number of carboxylic acids is 1. The number of rotatable bonds is 7. The van der Waals surface area contributed by atoms with E-state index < -0.39 is 49.5 Å². The fourth-order valence-electron chi connectivity index (χ4n) is 4.03. The Morgan fingerprint density at radius 3 is 1.75 bits per heavy atom. The van der Waals surface area contributed by atoms with Crippen LogP contribution in [0.15, 0.2) is 116 Å². The van der Waals surface area contributed by atoms with E-state index in [0.29, 0.717) is 11.4 Å². The molecule has 15 heteroatoms. The van der Waals surface area contributed by atoms with Crippen LogP contribution in [0.5, 0.6) is 17.2 Å². The van der Waals surface area contributed by atoms with Crippen molar-refractivity contribution in [1.29, 1.82) is 0 Å². The smallest absolute Gasteiger partial charge is 0.872 e. The van der Waals surface area contributed by atoms with E-state index in [1.807, 2.05) is 0 Å². The molecule has 0 saturated heterocycles. The maximum absolute atomic E-state index is 12.0. The first kappa shape index (κ1) is 34.8. The second kappa shape index (κ2) is 14.4. The third-order valence-electron chi connectivity index (χ3n) is 6.11. The Morgan fingerprint density at radius 2 is 1.20 bits per heavy atom. The minimum absolute atomic E-state index is 0. The van der Waals surface area contributed by atoms with Gasteiger partial charge in [-0.05, 0) is 59.0 Å². The molecule has 0 unspecified atom stereocenters. The SMILES string of the molecule is O=C(O)c1cc(N=Nc2ccc(-c3ccc(N=Nc4c(S(=O)(=O)O)cc5cc([O-])ccc5c4O)cc3)cc2)ccc1[O-].[Na+].[Na+]. The molecule has 5 aromatic carbocycles. The van der Waals surface area contributed by atoms with Crippen LogP contribution in [-0.2, 0) is 10.1 Å². The number of phenols is 1. The van der Waals surface area contributed by atoms with Crippen LogP contribution in [0.1, 0.15) is 10.4 Å². The molecule has 0 aliphatic rings. The summed E-state index contributed by atoms with van der Waals surface area (Å²) in [5.74, 6) is -2.92. The summed E-state index contributed by atoms with van der Waals surface area (Å²) < 4.78 is 33.6. The molecule has 44 heavy (non-hydrogen) atoms. The van der Waals surface area contributed by atoms with Crippen molar-refractivity contribution in [1.82, 2.24) is 0 Å². The average Bonchev–Trinajstić information content (AvgIpc) is 2.96. The summed E-state index contributed by atoms with van der Waals surface area (Å²) >= 11 is 0. The number of carboxylic acid groups (broad SMARTS) is 1. The first-order valence-electron chi connectivity index (χ1n) is 12.0. The first-order chi connectivity index (χ1) is 20.0. The number of azo groups is 2. The topological polar surface area (TPSA) is 207 Å². The number of hydrogen-bond donors (Lipinski definition) is 3. The molecule has 0 fully saturated rings. The van der Waals surface area contributed by atoms with Crippen molar-refractivity contribution >= 4 is 49.6 Å².